The number of carbonyl (C=O) groups excluding carboxylic acids is 1. The van der Waals surface area contributed by atoms with Crippen LogP contribution in [0.4, 0.5) is 13.2 Å². The largest absolute Gasteiger partial charge is 0.481 e. The van der Waals surface area contributed by atoms with Gasteiger partial charge in [-0.2, -0.15) is 13.2 Å². The first kappa shape index (κ1) is 17.3. The van der Waals surface area contributed by atoms with Gasteiger partial charge in [0, 0.05) is 13.1 Å². The lowest BCUT2D eigenvalue weighted by atomic mass is 9.86. The molecule has 126 valence electrons. The fourth-order valence-corrected chi connectivity index (χ4v) is 2.94. The lowest BCUT2D eigenvalue weighted by molar-refractivity contribution is -0.227. The van der Waals surface area contributed by atoms with Gasteiger partial charge < -0.3 is 10.0 Å². The summed E-state index contributed by atoms with van der Waals surface area (Å²) in [6, 6.07) is 5.50. The Morgan fingerprint density at radius 2 is 1.83 bits per heavy atom. The van der Waals surface area contributed by atoms with Crippen LogP contribution >= 0.6 is 0 Å². The number of hydrogen-bond acceptors (Lipinski definition) is 2. The fraction of sp³-hybridized carbons (Fsp3) is 0.500. The highest BCUT2D eigenvalue weighted by atomic mass is 19.4. The van der Waals surface area contributed by atoms with E-state index in [1.165, 1.54) is 0 Å². The van der Waals surface area contributed by atoms with Crippen molar-refractivity contribution >= 4 is 11.9 Å². The minimum absolute atomic E-state index is 0.0218. The molecule has 1 heterocycles. The van der Waals surface area contributed by atoms with Crippen LogP contribution < -0.4 is 0 Å². The molecule has 4 nitrogen and oxygen atoms in total. The highest BCUT2D eigenvalue weighted by Crippen LogP contribution is 2.45. The minimum Gasteiger partial charge on any atom is -0.481 e. The molecule has 23 heavy (non-hydrogen) atoms. The first-order valence-electron chi connectivity index (χ1n) is 7.21. The Morgan fingerprint density at radius 1 is 1.26 bits per heavy atom. The fourth-order valence-electron chi connectivity index (χ4n) is 2.94. The van der Waals surface area contributed by atoms with Gasteiger partial charge >= 0.3 is 12.1 Å². The molecule has 1 N–H and O–H groups in total. The van der Waals surface area contributed by atoms with Crippen molar-refractivity contribution < 1.29 is 27.9 Å². The molecule has 0 bridgehead atoms. The Balaban J connectivity index is 2.18. The first-order chi connectivity index (χ1) is 10.6. The first-order valence-corrected chi connectivity index (χ1v) is 7.21. The van der Waals surface area contributed by atoms with Crippen LogP contribution in [-0.2, 0) is 16.0 Å². The van der Waals surface area contributed by atoms with E-state index in [1.54, 1.807) is 0 Å². The van der Waals surface area contributed by atoms with Crippen molar-refractivity contribution in [1.29, 1.82) is 0 Å². The molecule has 0 saturated carbocycles. The number of halogens is 3. The molecule has 0 radical (unpaired) electrons. The van der Waals surface area contributed by atoms with Crippen molar-refractivity contribution in [2.45, 2.75) is 32.9 Å². The normalized spacial score (nSPS) is 21.5. The summed E-state index contributed by atoms with van der Waals surface area (Å²) in [6.07, 6.45) is -5.51. The Kier molecular flexibility index (Phi) is 4.41. The number of aliphatic carboxylic acids is 1. The molecular formula is C16H18F3NO3. The molecule has 2 rings (SSSR count). The maximum atomic E-state index is 13.1. The molecule has 1 aliphatic rings. The second kappa shape index (κ2) is 5.86. The van der Waals surface area contributed by atoms with Gasteiger partial charge in [0.2, 0.25) is 5.91 Å². The SMILES string of the molecule is Cc1cccc(C)c1CC(=O)N1CCC(C(=O)O)(C(F)(F)F)C1. The summed E-state index contributed by atoms with van der Waals surface area (Å²) in [5.41, 5.74) is -0.309. The van der Waals surface area contributed by atoms with Crippen LogP contribution in [0, 0.1) is 19.3 Å². The summed E-state index contributed by atoms with van der Waals surface area (Å²) >= 11 is 0. The number of aryl methyl sites for hydroxylation is 2. The van der Waals surface area contributed by atoms with Crippen molar-refractivity contribution in [2.75, 3.05) is 13.1 Å². The van der Waals surface area contributed by atoms with E-state index in [-0.39, 0.29) is 13.0 Å². The Morgan fingerprint density at radius 3 is 2.26 bits per heavy atom. The van der Waals surface area contributed by atoms with E-state index in [9.17, 15) is 22.8 Å². The number of carbonyl (C=O) groups is 2. The summed E-state index contributed by atoms with van der Waals surface area (Å²) in [4.78, 5) is 24.5. The number of benzene rings is 1. The van der Waals surface area contributed by atoms with Gasteiger partial charge in [-0.15, -0.1) is 0 Å². The van der Waals surface area contributed by atoms with E-state index >= 15 is 0 Å². The van der Waals surface area contributed by atoms with Gasteiger partial charge in [0.1, 0.15) is 0 Å². The molecule has 0 aliphatic carbocycles. The van der Waals surface area contributed by atoms with E-state index < -0.39 is 36.4 Å². The summed E-state index contributed by atoms with van der Waals surface area (Å²) in [7, 11) is 0. The van der Waals surface area contributed by atoms with Crippen LogP contribution in [0.5, 0.6) is 0 Å². The molecule has 1 saturated heterocycles. The van der Waals surface area contributed by atoms with Crippen molar-refractivity contribution in [3.05, 3.63) is 34.9 Å². The summed E-state index contributed by atoms with van der Waals surface area (Å²) in [5, 5.41) is 9.02. The van der Waals surface area contributed by atoms with Gasteiger partial charge in [0.05, 0.1) is 6.42 Å². The zero-order valence-corrected chi connectivity index (χ0v) is 12.9. The van der Waals surface area contributed by atoms with E-state index in [1.807, 2.05) is 32.0 Å². The monoisotopic (exact) mass is 329 g/mol. The third-order valence-electron chi connectivity index (χ3n) is 4.55. The van der Waals surface area contributed by atoms with Crippen LogP contribution in [0.15, 0.2) is 18.2 Å². The van der Waals surface area contributed by atoms with Crippen LogP contribution in [0.1, 0.15) is 23.1 Å². The molecule has 1 amide bonds. The van der Waals surface area contributed by atoms with Crippen LogP contribution in [0.2, 0.25) is 0 Å². The molecule has 1 fully saturated rings. The van der Waals surface area contributed by atoms with Gasteiger partial charge in [-0.25, -0.2) is 0 Å². The summed E-state index contributed by atoms with van der Waals surface area (Å²) in [6.45, 7) is 2.64. The molecule has 1 aromatic rings. The van der Waals surface area contributed by atoms with E-state index in [0.717, 1.165) is 21.6 Å². The maximum absolute atomic E-state index is 13.1. The van der Waals surface area contributed by atoms with Crippen molar-refractivity contribution in [3.8, 4) is 0 Å². The molecule has 7 heteroatoms. The van der Waals surface area contributed by atoms with Gasteiger partial charge in [-0.3, -0.25) is 9.59 Å². The second-order valence-corrected chi connectivity index (χ2v) is 6.00. The van der Waals surface area contributed by atoms with Crippen molar-refractivity contribution in [2.24, 2.45) is 5.41 Å². The number of alkyl halides is 3. The topological polar surface area (TPSA) is 57.6 Å². The molecule has 1 aromatic carbocycles. The van der Waals surface area contributed by atoms with Crippen LogP contribution in [-0.4, -0.2) is 41.1 Å². The maximum Gasteiger partial charge on any atom is 0.406 e. The Labute approximate surface area is 131 Å². The third-order valence-corrected chi connectivity index (χ3v) is 4.55. The molecular weight excluding hydrogens is 311 g/mol. The Bertz CT molecular complexity index is 622. The summed E-state index contributed by atoms with van der Waals surface area (Å²) in [5.74, 6) is -2.40. The number of carboxylic acids is 1. The molecule has 1 unspecified atom stereocenters. The van der Waals surface area contributed by atoms with Crippen molar-refractivity contribution in [3.63, 3.8) is 0 Å². The predicted octanol–water partition coefficient (Wildman–Crippen LogP) is 2.71. The Hall–Kier alpha value is -2.05. The van der Waals surface area contributed by atoms with E-state index in [2.05, 4.69) is 0 Å². The molecule has 1 aliphatic heterocycles. The number of nitrogens with zero attached hydrogens (tertiary/aromatic N) is 1. The lowest BCUT2D eigenvalue weighted by Gasteiger charge is -2.27. The molecule has 0 aromatic heterocycles. The second-order valence-electron chi connectivity index (χ2n) is 6.00. The van der Waals surface area contributed by atoms with Crippen LogP contribution in [0.3, 0.4) is 0 Å². The zero-order chi connectivity index (χ0) is 17.4. The highest BCUT2D eigenvalue weighted by molar-refractivity contribution is 5.83. The van der Waals surface area contributed by atoms with Gasteiger partial charge in [-0.1, -0.05) is 18.2 Å². The van der Waals surface area contributed by atoms with Gasteiger partial charge in [0.15, 0.2) is 5.41 Å². The highest BCUT2D eigenvalue weighted by Gasteiger charge is 2.64. The van der Waals surface area contributed by atoms with E-state index in [4.69, 9.17) is 5.11 Å². The third kappa shape index (κ3) is 3.04. The average molecular weight is 329 g/mol. The number of likely N-dealkylation sites (tertiary alicyclic amines) is 1. The average Bonchev–Trinajstić information content (AvgIpc) is 2.89. The number of hydrogen-bond donors (Lipinski definition) is 1. The summed E-state index contributed by atoms with van der Waals surface area (Å²) < 4.78 is 39.4. The van der Waals surface area contributed by atoms with Crippen molar-refractivity contribution in [1.82, 2.24) is 4.90 Å². The number of amides is 1. The van der Waals surface area contributed by atoms with E-state index in [0.29, 0.717) is 0 Å². The predicted molar refractivity (Wildman–Crippen MR) is 76.9 cm³/mol. The lowest BCUT2D eigenvalue weighted by Crippen LogP contribution is -2.47. The van der Waals surface area contributed by atoms with Gasteiger partial charge in [-0.05, 0) is 37.0 Å². The number of carboxylic acid groups (broad SMARTS) is 1. The zero-order valence-electron chi connectivity index (χ0n) is 12.9. The molecule has 1 atom stereocenters. The minimum atomic E-state index is -4.88. The smallest absolute Gasteiger partial charge is 0.406 e. The van der Waals surface area contributed by atoms with Crippen LogP contribution in [0.25, 0.3) is 0 Å². The number of rotatable bonds is 3. The van der Waals surface area contributed by atoms with Gasteiger partial charge in [0.25, 0.3) is 0 Å². The quantitative estimate of drug-likeness (QED) is 0.928. The molecule has 0 spiro atoms. The standard InChI is InChI=1S/C16H18F3NO3/c1-10-4-3-5-11(2)12(10)8-13(21)20-7-6-15(9-20,14(22)23)16(17,18)19/h3-5H,6-9H2,1-2H3,(H,22,23).